The molecule has 0 saturated heterocycles. The fourth-order valence-corrected chi connectivity index (χ4v) is 3.18. The number of fused-ring (bicyclic) bond motifs is 1. The molecule has 0 bridgehead atoms. The molecule has 0 aromatic heterocycles. The molecule has 4 rings (SSSR count). The molecular weight excluding hydrogens is 344 g/mol. The van der Waals surface area contributed by atoms with E-state index in [-0.39, 0.29) is 11.5 Å². The van der Waals surface area contributed by atoms with Crippen molar-refractivity contribution < 1.29 is 14.5 Å². The van der Waals surface area contributed by atoms with Gasteiger partial charge >= 0.3 is 0 Å². The number of para-hydroxylation sites is 2. The number of nitro groups is 1. The van der Waals surface area contributed by atoms with E-state index in [1.54, 1.807) is 30.3 Å². The number of hydrogen-bond donors (Lipinski definition) is 1. The Morgan fingerprint density at radius 1 is 0.889 bits per heavy atom. The first kappa shape index (κ1) is 16.8. The fraction of sp³-hybridized carbons (Fsp3) is 0.0952. The minimum Gasteiger partial charge on any atom is -0.482 e. The van der Waals surface area contributed by atoms with Crippen molar-refractivity contribution in [2.75, 3.05) is 5.32 Å². The molecule has 3 aromatic rings. The van der Waals surface area contributed by atoms with Crippen molar-refractivity contribution in [3.05, 3.63) is 100 Å². The van der Waals surface area contributed by atoms with Gasteiger partial charge in [0.05, 0.1) is 10.5 Å². The Morgan fingerprint density at radius 2 is 1.56 bits per heavy atom. The van der Waals surface area contributed by atoms with E-state index < -0.39 is 17.1 Å². The minimum atomic E-state index is -0.649. The number of nitro benzene ring substituents is 1. The SMILES string of the molecule is O=C1c2ccccc2OC(c2ccc([N+](=O)[O-])cc2)C1Nc1ccccc1. The quantitative estimate of drug-likeness (QED) is 0.551. The monoisotopic (exact) mass is 360 g/mol. The maximum atomic E-state index is 13.1. The summed E-state index contributed by atoms with van der Waals surface area (Å²) in [6.45, 7) is 0. The summed E-state index contributed by atoms with van der Waals surface area (Å²) in [7, 11) is 0. The van der Waals surface area contributed by atoms with Crippen molar-refractivity contribution in [3.63, 3.8) is 0 Å². The normalized spacial score (nSPS) is 18.3. The summed E-state index contributed by atoms with van der Waals surface area (Å²) in [6, 6.07) is 22.0. The Morgan fingerprint density at radius 3 is 2.26 bits per heavy atom. The van der Waals surface area contributed by atoms with Crippen LogP contribution >= 0.6 is 0 Å². The molecule has 0 spiro atoms. The van der Waals surface area contributed by atoms with E-state index in [0.717, 1.165) is 5.69 Å². The molecule has 1 aliphatic heterocycles. The Labute approximate surface area is 155 Å². The summed E-state index contributed by atoms with van der Waals surface area (Å²) >= 11 is 0. The average Bonchev–Trinajstić information content (AvgIpc) is 2.71. The number of ketones is 1. The summed E-state index contributed by atoms with van der Waals surface area (Å²) in [5.74, 6) is 0.432. The molecule has 134 valence electrons. The number of benzene rings is 3. The number of hydrogen-bond acceptors (Lipinski definition) is 5. The Hall–Kier alpha value is -3.67. The van der Waals surface area contributed by atoms with E-state index >= 15 is 0 Å². The molecule has 2 unspecified atom stereocenters. The molecule has 0 radical (unpaired) electrons. The van der Waals surface area contributed by atoms with Gasteiger partial charge in [0.15, 0.2) is 11.9 Å². The van der Waals surface area contributed by atoms with Crippen molar-refractivity contribution in [2.24, 2.45) is 0 Å². The van der Waals surface area contributed by atoms with Gasteiger partial charge in [0.1, 0.15) is 11.8 Å². The molecule has 0 fully saturated rings. The van der Waals surface area contributed by atoms with Crippen LogP contribution in [0.2, 0.25) is 0 Å². The molecule has 1 aliphatic rings. The van der Waals surface area contributed by atoms with Crippen LogP contribution in [0, 0.1) is 10.1 Å². The number of Topliss-reactive ketones (excluding diaryl/α,β-unsaturated/α-hetero) is 1. The lowest BCUT2D eigenvalue weighted by molar-refractivity contribution is -0.384. The summed E-state index contributed by atoms with van der Waals surface area (Å²) < 4.78 is 6.12. The van der Waals surface area contributed by atoms with Gasteiger partial charge in [0.25, 0.3) is 5.69 Å². The number of anilines is 1. The van der Waals surface area contributed by atoms with Crippen LogP contribution in [0.15, 0.2) is 78.9 Å². The van der Waals surface area contributed by atoms with Crippen LogP contribution in [-0.2, 0) is 0 Å². The first-order valence-electron chi connectivity index (χ1n) is 8.49. The lowest BCUT2D eigenvalue weighted by Gasteiger charge is -2.33. The van der Waals surface area contributed by atoms with E-state index in [1.807, 2.05) is 36.4 Å². The second-order valence-electron chi connectivity index (χ2n) is 6.24. The third kappa shape index (κ3) is 3.25. The predicted octanol–water partition coefficient (Wildman–Crippen LogP) is 4.39. The van der Waals surface area contributed by atoms with E-state index in [2.05, 4.69) is 5.32 Å². The van der Waals surface area contributed by atoms with Gasteiger partial charge in [-0.1, -0.05) is 30.3 Å². The van der Waals surface area contributed by atoms with Gasteiger partial charge in [-0.05, 0) is 42.0 Å². The lowest BCUT2D eigenvalue weighted by atomic mass is 9.91. The van der Waals surface area contributed by atoms with Gasteiger partial charge < -0.3 is 10.1 Å². The summed E-state index contributed by atoms with van der Waals surface area (Å²) in [5.41, 5.74) is 2.00. The largest absolute Gasteiger partial charge is 0.482 e. The zero-order valence-corrected chi connectivity index (χ0v) is 14.2. The molecule has 3 aromatic carbocycles. The molecule has 0 amide bonds. The maximum absolute atomic E-state index is 13.1. The number of ether oxygens (including phenoxy) is 1. The number of nitrogens with zero attached hydrogens (tertiary/aromatic N) is 1. The van der Waals surface area contributed by atoms with Crippen LogP contribution in [0.5, 0.6) is 5.75 Å². The average molecular weight is 360 g/mol. The minimum absolute atomic E-state index is 0.00569. The number of rotatable bonds is 4. The molecule has 6 heteroatoms. The molecule has 0 aliphatic carbocycles. The Bertz CT molecular complexity index is 987. The van der Waals surface area contributed by atoms with Crippen LogP contribution in [0.25, 0.3) is 0 Å². The molecule has 27 heavy (non-hydrogen) atoms. The van der Waals surface area contributed by atoms with Crippen molar-refractivity contribution in [3.8, 4) is 5.75 Å². The van der Waals surface area contributed by atoms with Crippen LogP contribution in [0.4, 0.5) is 11.4 Å². The van der Waals surface area contributed by atoms with E-state index in [1.165, 1.54) is 12.1 Å². The lowest BCUT2D eigenvalue weighted by Crippen LogP contribution is -2.42. The Kier molecular flexibility index (Phi) is 4.30. The van der Waals surface area contributed by atoms with Crippen LogP contribution < -0.4 is 10.1 Å². The van der Waals surface area contributed by atoms with E-state index in [4.69, 9.17) is 4.74 Å². The molecule has 0 saturated carbocycles. The van der Waals surface area contributed by atoms with Crippen LogP contribution in [-0.4, -0.2) is 16.7 Å². The van der Waals surface area contributed by atoms with Crippen molar-refractivity contribution in [2.45, 2.75) is 12.1 Å². The fourth-order valence-electron chi connectivity index (χ4n) is 3.18. The van der Waals surface area contributed by atoms with Gasteiger partial charge in [0.2, 0.25) is 0 Å². The smallest absolute Gasteiger partial charge is 0.269 e. The molecule has 2 atom stereocenters. The molecule has 6 nitrogen and oxygen atoms in total. The van der Waals surface area contributed by atoms with Crippen molar-refractivity contribution >= 4 is 17.2 Å². The van der Waals surface area contributed by atoms with E-state index in [9.17, 15) is 14.9 Å². The van der Waals surface area contributed by atoms with Crippen molar-refractivity contribution in [1.29, 1.82) is 0 Å². The van der Waals surface area contributed by atoms with Gasteiger partial charge in [0, 0.05) is 17.8 Å². The first-order valence-corrected chi connectivity index (χ1v) is 8.49. The van der Waals surface area contributed by atoms with Gasteiger partial charge in [-0.25, -0.2) is 0 Å². The van der Waals surface area contributed by atoms with Crippen molar-refractivity contribution in [1.82, 2.24) is 0 Å². The molecule has 1 heterocycles. The van der Waals surface area contributed by atoms with Gasteiger partial charge in [-0.15, -0.1) is 0 Å². The highest BCUT2D eigenvalue weighted by Gasteiger charge is 2.38. The zero-order chi connectivity index (χ0) is 18.8. The second-order valence-corrected chi connectivity index (χ2v) is 6.24. The van der Waals surface area contributed by atoms with Gasteiger partial charge in [-0.2, -0.15) is 0 Å². The third-order valence-electron chi connectivity index (χ3n) is 4.52. The summed E-state index contributed by atoms with van der Waals surface area (Å²) in [5, 5.41) is 14.2. The number of non-ortho nitro benzene ring substituents is 1. The predicted molar refractivity (Wildman–Crippen MR) is 101 cm³/mol. The zero-order valence-electron chi connectivity index (χ0n) is 14.2. The topological polar surface area (TPSA) is 81.5 Å². The first-order chi connectivity index (χ1) is 13.1. The van der Waals surface area contributed by atoms with Crippen LogP contribution in [0.1, 0.15) is 22.0 Å². The van der Waals surface area contributed by atoms with Gasteiger partial charge in [-0.3, -0.25) is 14.9 Å². The van der Waals surface area contributed by atoms with E-state index in [0.29, 0.717) is 16.9 Å². The summed E-state index contributed by atoms with van der Waals surface area (Å²) in [4.78, 5) is 23.6. The second kappa shape index (κ2) is 6.92. The standard InChI is InChI=1S/C21H16N2O4/c24-20-17-8-4-5-9-18(17)27-21(14-10-12-16(13-11-14)23(25)26)19(20)22-15-6-2-1-3-7-15/h1-13,19,21-22H. The summed E-state index contributed by atoms with van der Waals surface area (Å²) in [6.07, 6.45) is -0.603. The Balaban J connectivity index is 1.74. The number of carbonyl (C=O) groups is 1. The maximum Gasteiger partial charge on any atom is 0.269 e. The molecular formula is C21H16N2O4. The highest BCUT2D eigenvalue weighted by Crippen LogP contribution is 2.36. The highest BCUT2D eigenvalue weighted by atomic mass is 16.6. The number of carbonyl (C=O) groups excluding carboxylic acids is 1. The third-order valence-corrected chi connectivity index (χ3v) is 4.52. The van der Waals surface area contributed by atoms with Crippen LogP contribution in [0.3, 0.4) is 0 Å². The molecule has 1 N–H and O–H groups in total. The number of nitrogens with one attached hydrogen (secondary N) is 1. The highest BCUT2D eigenvalue weighted by molar-refractivity contribution is 6.05.